The monoisotopic (exact) mass is 265 g/mol. The van der Waals surface area contributed by atoms with Gasteiger partial charge in [-0.05, 0) is 30.5 Å². The summed E-state index contributed by atoms with van der Waals surface area (Å²) in [7, 11) is 3.20. The molecular weight excluding hydrogens is 242 g/mol. The Hall–Kier alpha value is -1.26. The highest BCUT2D eigenvalue weighted by atomic mass is 16.5. The van der Waals surface area contributed by atoms with Crippen molar-refractivity contribution in [1.82, 2.24) is 0 Å². The lowest BCUT2D eigenvalue weighted by atomic mass is 9.77. The van der Waals surface area contributed by atoms with Gasteiger partial charge in [-0.25, -0.2) is 0 Å². The van der Waals surface area contributed by atoms with Crippen LogP contribution in [0.2, 0.25) is 0 Å². The van der Waals surface area contributed by atoms with Gasteiger partial charge in [0.25, 0.3) is 0 Å². The van der Waals surface area contributed by atoms with Crippen LogP contribution in [0.4, 0.5) is 0 Å². The zero-order valence-electron chi connectivity index (χ0n) is 11.7. The van der Waals surface area contributed by atoms with Crippen LogP contribution < -0.4 is 15.2 Å². The third-order valence-electron chi connectivity index (χ3n) is 4.31. The van der Waals surface area contributed by atoms with Crippen molar-refractivity contribution in [3.8, 4) is 11.5 Å². The molecule has 0 bridgehead atoms. The van der Waals surface area contributed by atoms with Crippen molar-refractivity contribution in [2.24, 2.45) is 11.1 Å². The van der Waals surface area contributed by atoms with Gasteiger partial charge in [0, 0.05) is 12.0 Å². The van der Waals surface area contributed by atoms with E-state index in [1.807, 2.05) is 18.2 Å². The van der Waals surface area contributed by atoms with E-state index in [-0.39, 0.29) is 5.41 Å². The van der Waals surface area contributed by atoms with Gasteiger partial charge in [-0.3, -0.25) is 0 Å². The summed E-state index contributed by atoms with van der Waals surface area (Å²) in [5.41, 5.74) is 6.59. The maximum absolute atomic E-state index is 10.7. The molecule has 0 saturated heterocycles. The minimum Gasteiger partial charge on any atom is -0.493 e. The van der Waals surface area contributed by atoms with E-state index in [4.69, 9.17) is 15.2 Å². The normalized spacial score (nSPS) is 19.2. The molecule has 0 aromatic heterocycles. The number of benzene rings is 1. The molecular formula is C15H23NO3. The lowest BCUT2D eigenvalue weighted by molar-refractivity contribution is 0.0331. The molecule has 0 heterocycles. The fourth-order valence-corrected chi connectivity index (χ4v) is 3.04. The molecule has 1 aromatic rings. The number of aliphatic hydroxyl groups is 1. The molecule has 4 nitrogen and oxygen atoms in total. The summed E-state index contributed by atoms with van der Waals surface area (Å²) < 4.78 is 10.5. The van der Waals surface area contributed by atoms with Crippen LogP contribution in [0.15, 0.2) is 18.2 Å². The second kappa shape index (κ2) is 5.80. The van der Waals surface area contributed by atoms with Crippen molar-refractivity contribution in [1.29, 1.82) is 0 Å². The van der Waals surface area contributed by atoms with Crippen molar-refractivity contribution >= 4 is 0 Å². The van der Waals surface area contributed by atoms with E-state index < -0.39 is 6.10 Å². The van der Waals surface area contributed by atoms with Crippen LogP contribution in [-0.2, 0) is 0 Å². The first kappa shape index (κ1) is 14.2. The Kier molecular flexibility index (Phi) is 4.32. The summed E-state index contributed by atoms with van der Waals surface area (Å²) in [5.74, 6) is 1.32. The Bertz CT molecular complexity index is 427. The van der Waals surface area contributed by atoms with Gasteiger partial charge in [-0.1, -0.05) is 18.9 Å². The summed E-state index contributed by atoms with van der Waals surface area (Å²) in [5, 5.41) is 10.7. The molecule has 106 valence electrons. The second-order valence-electron chi connectivity index (χ2n) is 5.29. The maximum atomic E-state index is 10.7. The third kappa shape index (κ3) is 2.55. The highest BCUT2D eigenvalue weighted by molar-refractivity contribution is 5.43. The first-order valence-electron chi connectivity index (χ1n) is 6.77. The van der Waals surface area contributed by atoms with Crippen LogP contribution in [-0.4, -0.2) is 25.9 Å². The van der Waals surface area contributed by atoms with Crippen LogP contribution in [0.25, 0.3) is 0 Å². The van der Waals surface area contributed by atoms with Gasteiger partial charge in [0.2, 0.25) is 0 Å². The van der Waals surface area contributed by atoms with Crippen LogP contribution >= 0.6 is 0 Å². The summed E-state index contributed by atoms with van der Waals surface area (Å²) in [4.78, 5) is 0. The van der Waals surface area contributed by atoms with Gasteiger partial charge in [0.15, 0.2) is 11.5 Å². The van der Waals surface area contributed by atoms with Crippen molar-refractivity contribution in [2.45, 2.75) is 31.8 Å². The van der Waals surface area contributed by atoms with Crippen LogP contribution in [0.3, 0.4) is 0 Å². The molecule has 2 rings (SSSR count). The zero-order valence-corrected chi connectivity index (χ0v) is 11.7. The lowest BCUT2D eigenvalue weighted by Gasteiger charge is -2.33. The largest absolute Gasteiger partial charge is 0.493 e. The quantitative estimate of drug-likeness (QED) is 0.857. The molecule has 1 saturated carbocycles. The number of methoxy groups -OCH3 is 2. The Labute approximate surface area is 114 Å². The van der Waals surface area contributed by atoms with Crippen LogP contribution in [0, 0.1) is 5.41 Å². The Morgan fingerprint density at radius 1 is 1.21 bits per heavy atom. The average molecular weight is 265 g/mol. The molecule has 1 fully saturated rings. The maximum Gasteiger partial charge on any atom is 0.161 e. The van der Waals surface area contributed by atoms with Crippen molar-refractivity contribution < 1.29 is 14.6 Å². The van der Waals surface area contributed by atoms with E-state index in [9.17, 15) is 5.11 Å². The summed E-state index contributed by atoms with van der Waals surface area (Å²) in [6.07, 6.45) is 3.71. The van der Waals surface area contributed by atoms with E-state index in [0.717, 1.165) is 31.2 Å². The molecule has 1 aromatic carbocycles. The SMILES string of the molecule is COc1ccc(C(O)C2(CN)CCCC2)cc1OC. The minimum absolute atomic E-state index is 0.181. The summed E-state index contributed by atoms with van der Waals surface area (Å²) in [6.45, 7) is 0.516. The van der Waals surface area contributed by atoms with E-state index >= 15 is 0 Å². The van der Waals surface area contributed by atoms with Gasteiger partial charge < -0.3 is 20.3 Å². The highest BCUT2D eigenvalue weighted by Crippen LogP contribution is 2.47. The lowest BCUT2D eigenvalue weighted by Crippen LogP contribution is -2.34. The standard InChI is InChI=1S/C15H23NO3/c1-18-12-6-5-11(9-13(12)19-2)14(17)15(10-16)7-3-4-8-15/h5-6,9,14,17H,3-4,7-8,10,16H2,1-2H3. The number of nitrogens with two attached hydrogens (primary N) is 1. The molecule has 0 amide bonds. The van der Waals surface area contributed by atoms with Crippen LogP contribution in [0.5, 0.6) is 11.5 Å². The van der Waals surface area contributed by atoms with Crippen molar-refractivity contribution in [3.05, 3.63) is 23.8 Å². The van der Waals surface area contributed by atoms with E-state index in [1.54, 1.807) is 14.2 Å². The highest BCUT2D eigenvalue weighted by Gasteiger charge is 2.40. The topological polar surface area (TPSA) is 64.7 Å². The predicted molar refractivity (Wildman–Crippen MR) is 74.5 cm³/mol. The first-order valence-corrected chi connectivity index (χ1v) is 6.77. The van der Waals surface area contributed by atoms with E-state index in [1.165, 1.54) is 0 Å². The minimum atomic E-state index is -0.542. The molecule has 3 N–H and O–H groups in total. The number of ether oxygens (including phenoxy) is 2. The number of aliphatic hydroxyl groups excluding tert-OH is 1. The predicted octanol–water partition coefficient (Wildman–Crippen LogP) is 2.26. The average Bonchev–Trinajstić information content (AvgIpc) is 2.95. The Morgan fingerprint density at radius 2 is 1.84 bits per heavy atom. The molecule has 1 atom stereocenters. The van der Waals surface area contributed by atoms with Gasteiger partial charge >= 0.3 is 0 Å². The molecule has 0 spiro atoms. The van der Waals surface area contributed by atoms with Gasteiger partial charge in [-0.15, -0.1) is 0 Å². The summed E-state index contributed by atoms with van der Waals surface area (Å²) in [6, 6.07) is 5.57. The van der Waals surface area contributed by atoms with Gasteiger partial charge in [0.1, 0.15) is 0 Å². The van der Waals surface area contributed by atoms with Crippen molar-refractivity contribution in [3.63, 3.8) is 0 Å². The van der Waals surface area contributed by atoms with Crippen LogP contribution in [0.1, 0.15) is 37.4 Å². The fourth-order valence-electron chi connectivity index (χ4n) is 3.04. The van der Waals surface area contributed by atoms with Crippen molar-refractivity contribution in [2.75, 3.05) is 20.8 Å². The number of hydrogen-bond acceptors (Lipinski definition) is 4. The van der Waals surface area contributed by atoms with E-state index in [0.29, 0.717) is 18.0 Å². The number of rotatable bonds is 5. The first-order chi connectivity index (χ1) is 9.16. The summed E-state index contributed by atoms with van der Waals surface area (Å²) >= 11 is 0. The Balaban J connectivity index is 2.30. The van der Waals surface area contributed by atoms with E-state index in [2.05, 4.69) is 0 Å². The zero-order chi connectivity index (χ0) is 13.9. The third-order valence-corrected chi connectivity index (χ3v) is 4.31. The fraction of sp³-hybridized carbons (Fsp3) is 0.600. The molecule has 1 unspecified atom stereocenters. The van der Waals surface area contributed by atoms with Gasteiger partial charge in [-0.2, -0.15) is 0 Å². The molecule has 0 radical (unpaired) electrons. The molecule has 1 aliphatic rings. The number of hydrogen-bond donors (Lipinski definition) is 2. The Morgan fingerprint density at radius 3 is 2.37 bits per heavy atom. The molecule has 4 heteroatoms. The smallest absolute Gasteiger partial charge is 0.161 e. The van der Waals surface area contributed by atoms with Gasteiger partial charge in [0.05, 0.1) is 20.3 Å². The molecule has 1 aliphatic carbocycles. The molecule has 19 heavy (non-hydrogen) atoms. The second-order valence-corrected chi connectivity index (χ2v) is 5.29. The molecule has 0 aliphatic heterocycles.